The van der Waals surface area contributed by atoms with Crippen molar-refractivity contribution in [2.24, 2.45) is 0 Å². The smallest absolute Gasteiger partial charge is 0.251 e. The van der Waals surface area contributed by atoms with E-state index in [9.17, 15) is 9.18 Å². The molecule has 1 aromatic heterocycles. The molecule has 1 N–H and O–H groups in total. The van der Waals surface area contributed by atoms with Crippen LogP contribution >= 0.6 is 0 Å². The summed E-state index contributed by atoms with van der Waals surface area (Å²) >= 11 is 0. The number of carbonyl (C=O) groups excluding carboxylic acids is 1. The molecule has 1 atom stereocenters. The summed E-state index contributed by atoms with van der Waals surface area (Å²) in [5.41, 5.74) is 2.12. The molecule has 1 unspecified atom stereocenters. The Labute approximate surface area is 145 Å². The Morgan fingerprint density at radius 1 is 1.24 bits per heavy atom. The molecule has 0 fully saturated rings. The molecule has 5 nitrogen and oxygen atoms in total. The van der Waals surface area contributed by atoms with Crippen molar-refractivity contribution in [1.29, 1.82) is 0 Å². The van der Waals surface area contributed by atoms with Gasteiger partial charge in [-0.05, 0) is 48.9 Å². The lowest BCUT2D eigenvalue weighted by atomic mass is 10.1. The number of amides is 1. The summed E-state index contributed by atoms with van der Waals surface area (Å²) in [5.74, 6) is -0.496. The third-order valence-electron chi connectivity index (χ3n) is 3.96. The maximum absolute atomic E-state index is 13.8. The SMILES string of the molecule is COc1ccc(C(C)NC(=O)c2ccc(-n3ccnc3)cc2)cc1F. The van der Waals surface area contributed by atoms with Crippen LogP contribution in [0.25, 0.3) is 5.69 Å². The average molecular weight is 339 g/mol. The van der Waals surface area contributed by atoms with Crippen molar-refractivity contribution >= 4 is 5.91 Å². The molecular formula is C19H18FN3O2. The lowest BCUT2D eigenvalue weighted by Gasteiger charge is -2.15. The second kappa shape index (κ2) is 7.17. The second-order valence-corrected chi connectivity index (χ2v) is 5.61. The van der Waals surface area contributed by atoms with Crippen molar-refractivity contribution in [3.05, 3.63) is 78.1 Å². The largest absolute Gasteiger partial charge is 0.494 e. The second-order valence-electron chi connectivity index (χ2n) is 5.61. The van der Waals surface area contributed by atoms with Crippen LogP contribution in [-0.4, -0.2) is 22.6 Å². The molecule has 128 valence electrons. The monoisotopic (exact) mass is 339 g/mol. The maximum Gasteiger partial charge on any atom is 0.251 e. The first-order valence-corrected chi connectivity index (χ1v) is 7.81. The lowest BCUT2D eigenvalue weighted by Crippen LogP contribution is -2.26. The summed E-state index contributed by atoms with van der Waals surface area (Å²) in [4.78, 5) is 16.4. The van der Waals surface area contributed by atoms with Gasteiger partial charge in [-0.2, -0.15) is 0 Å². The molecule has 0 saturated carbocycles. The summed E-state index contributed by atoms with van der Waals surface area (Å²) in [6.07, 6.45) is 5.21. The van der Waals surface area contributed by atoms with E-state index >= 15 is 0 Å². The molecule has 1 heterocycles. The minimum atomic E-state index is -0.453. The molecule has 0 aliphatic carbocycles. The van der Waals surface area contributed by atoms with E-state index in [4.69, 9.17) is 4.74 Å². The fourth-order valence-corrected chi connectivity index (χ4v) is 2.51. The molecule has 0 aliphatic heterocycles. The van der Waals surface area contributed by atoms with Crippen molar-refractivity contribution in [2.45, 2.75) is 13.0 Å². The Bertz CT molecular complexity index is 861. The van der Waals surface area contributed by atoms with Crippen LogP contribution < -0.4 is 10.1 Å². The summed E-state index contributed by atoms with van der Waals surface area (Å²) in [6.45, 7) is 1.80. The number of hydrogen-bond donors (Lipinski definition) is 1. The average Bonchev–Trinajstić information content (AvgIpc) is 3.16. The van der Waals surface area contributed by atoms with Gasteiger partial charge in [0.15, 0.2) is 11.6 Å². The highest BCUT2D eigenvalue weighted by Crippen LogP contribution is 2.22. The third-order valence-corrected chi connectivity index (χ3v) is 3.96. The summed E-state index contributed by atoms with van der Waals surface area (Å²) in [7, 11) is 1.41. The zero-order valence-corrected chi connectivity index (χ0v) is 13.9. The van der Waals surface area contributed by atoms with Crippen molar-refractivity contribution in [3.63, 3.8) is 0 Å². The van der Waals surface area contributed by atoms with Crippen LogP contribution in [-0.2, 0) is 0 Å². The lowest BCUT2D eigenvalue weighted by molar-refractivity contribution is 0.0940. The highest BCUT2D eigenvalue weighted by molar-refractivity contribution is 5.94. The van der Waals surface area contributed by atoms with Gasteiger partial charge in [0.05, 0.1) is 19.5 Å². The number of methoxy groups -OCH3 is 1. The maximum atomic E-state index is 13.8. The van der Waals surface area contributed by atoms with Gasteiger partial charge >= 0.3 is 0 Å². The highest BCUT2D eigenvalue weighted by atomic mass is 19.1. The van der Waals surface area contributed by atoms with Crippen LogP contribution in [0.1, 0.15) is 28.9 Å². The molecule has 3 aromatic rings. The van der Waals surface area contributed by atoms with Gasteiger partial charge in [0.1, 0.15) is 0 Å². The van der Waals surface area contributed by atoms with Crippen LogP contribution in [0.15, 0.2) is 61.2 Å². The number of benzene rings is 2. The van der Waals surface area contributed by atoms with E-state index < -0.39 is 5.82 Å². The number of nitrogens with zero attached hydrogens (tertiary/aromatic N) is 2. The van der Waals surface area contributed by atoms with Gasteiger partial charge in [-0.1, -0.05) is 6.07 Å². The van der Waals surface area contributed by atoms with Crippen molar-refractivity contribution < 1.29 is 13.9 Å². The number of nitrogens with one attached hydrogen (secondary N) is 1. The number of aromatic nitrogens is 2. The van der Waals surface area contributed by atoms with E-state index in [2.05, 4.69) is 10.3 Å². The summed E-state index contributed by atoms with van der Waals surface area (Å²) < 4.78 is 20.6. The van der Waals surface area contributed by atoms with Gasteiger partial charge < -0.3 is 14.6 Å². The number of imidazole rings is 1. The van der Waals surface area contributed by atoms with Gasteiger partial charge in [-0.25, -0.2) is 9.37 Å². The van der Waals surface area contributed by atoms with Crippen molar-refractivity contribution in [3.8, 4) is 11.4 Å². The number of halogens is 1. The van der Waals surface area contributed by atoms with E-state index in [1.165, 1.54) is 13.2 Å². The zero-order chi connectivity index (χ0) is 17.8. The van der Waals surface area contributed by atoms with Crippen molar-refractivity contribution in [2.75, 3.05) is 7.11 Å². The Hall–Kier alpha value is -3.15. The van der Waals surface area contributed by atoms with E-state index in [0.29, 0.717) is 11.1 Å². The van der Waals surface area contributed by atoms with Crippen LogP contribution in [0.4, 0.5) is 4.39 Å². The molecule has 25 heavy (non-hydrogen) atoms. The quantitative estimate of drug-likeness (QED) is 0.774. The zero-order valence-electron chi connectivity index (χ0n) is 13.9. The fraction of sp³-hybridized carbons (Fsp3) is 0.158. The van der Waals surface area contributed by atoms with Gasteiger partial charge in [0.2, 0.25) is 0 Å². The molecular weight excluding hydrogens is 321 g/mol. The molecule has 0 aliphatic rings. The summed E-state index contributed by atoms with van der Waals surface area (Å²) in [6, 6.07) is 11.5. The van der Waals surface area contributed by atoms with Crippen LogP contribution in [0.3, 0.4) is 0 Å². The predicted octanol–water partition coefficient (Wildman–Crippen LogP) is 3.51. The topological polar surface area (TPSA) is 56.1 Å². The minimum Gasteiger partial charge on any atom is -0.494 e. The minimum absolute atomic E-state index is 0.178. The Balaban J connectivity index is 1.70. The third kappa shape index (κ3) is 3.68. The molecule has 0 radical (unpaired) electrons. The van der Waals surface area contributed by atoms with Gasteiger partial charge in [-0.3, -0.25) is 4.79 Å². The molecule has 0 saturated heterocycles. The first-order chi connectivity index (χ1) is 12.1. The summed E-state index contributed by atoms with van der Waals surface area (Å²) in [5, 5.41) is 2.87. The van der Waals surface area contributed by atoms with Gasteiger partial charge in [0, 0.05) is 23.6 Å². The first kappa shape index (κ1) is 16.7. The van der Waals surface area contributed by atoms with Gasteiger partial charge in [-0.15, -0.1) is 0 Å². The first-order valence-electron chi connectivity index (χ1n) is 7.81. The van der Waals surface area contributed by atoms with Crippen molar-refractivity contribution in [1.82, 2.24) is 14.9 Å². The molecule has 1 amide bonds. The molecule has 0 bridgehead atoms. The van der Waals surface area contributed by atoms with E-state index in [0.717, 1.165) is 5.69 Å². The van der Waals surface area contributed by atoms with Crippen LogP contribution in [0, 0.1) is 5.82 Å². The predicted molar refractivity (Wildman–Crippen MR) is 92.4 cm³/mol. The molecule has 3 rings (SSSR count). The number of ether oxygens (including phenoxy) is 1. The standard InChI is InChI=1S/C19H18FN3O2/c1-13(15-5-8-18(25-2)17(20)11-15)22-19(24)14-3-6-16(7-4-14)23-10-9-21-12-23/h3-13H,1-2H3,(H,22,24). The highest BCUT2D eigenvalue weighted by Gasteiger charge is 2.13. The number of carbonyl (C=O) groups is 1. The molecule has 0 spiro atoms. The Morgan fingerprint density at radius 2 is 2.00 bits per heavy atom. The van der Waals surface area contributed by atoms with Crippen LogP contribution in [0.2, 0.25) is 0 Å². The normalized spacial score (nSPS) is 11.8. The number of hydrogen-bond acceptors (Lipinski definition) is 3. The molecule has 2 aromatic carbocycles. The van der Waals surface area contributed by atoms with E-state index in [-0.39, 0.29) is 17.7 Å². The van der Waals surface area contributed by atoms with E-state index in [1.807, 2.05) is 22.9 Å². The van der Waals surface area contributed by atoms with E-state index in [1.54, 1.807) is 43.7 Å². The van der Waals surface area contributed by atoms with Gasteiger partial charge in [0.25, 0.3) is 5.91 Å². The van der Waals surface area contributed by atoms with Crippen LogP contribution in [0.5, 0.6) is 5.75 Å². The number of rotatable bonds is 5. The fourth-order valence-electron chi connectivity index (χ4n) is 2.51. The molecule has 6 heteroatoms. The Kier molecular flexibility index (Phi) is 4.79. The Morgan fingerprint density at radius 3 is 2.60 bits per heavy atom.